The van der Waals surface area contributed by atoms with Crippen LogP contribution in [0.5, 0.6) is 0 Å². The summed E-state index contributed by atoms with van der Waals surface area (Å²) in [4.78, 5) is 10.8. The van der Waals surface area contributed by atoms with Crippen molar-refractivity contribution in [3.05, 3.63) is 33.5 Å². The van der Waals surface area contributed by atoms with Crippen molar-refractivity contribution in [2.24, 2.45) is 0 Å². The van der Waals surface area contributed by atoms with E-state index in [1.807, 2.05) is 6.07 Å². The molecule has 0 bridgehead atoms. The van der Waals surface area contributed by atoms with E-state index in [-0.39, 0.29) is 11.7 Å². The molecule has 0 N–H and O–H groups in total. The molecule has 74 valence electrons. The zero-order valence-corrected chi connectivity index (χ0v) is 9.18. The van der Waals surface area contributed by atoms with Crippen LogP contribution in [0.1, 0.15) is 29.9 Å². The van der Waals surface area contributed by atoms with E-state index < -0.39 is 0 Å². The third kappa shape index (κ3) is 1.61. The van der Waals surface area contributed by atoms with E-state index in [1.165, 1.54) is 6.07 Å². The average molecular weight is 257 g/mol. The second-order valence-corrected chi connectivity index (χ2v) is 4.51. The number of fused-ring (bicyclic) bond motifs is 1. The first-order chi connectivity index (χ1) is 6.72. The Labute approximate surface area is 90.4 Å². The molecule has 0 saturated heterocycles. The molecule has 2 rings (SSSR count). The number of aryl methyl sites for hydroxylation is 1. The van der Waals surface area contributed by atoms with Crippen molar-refractivity contribution in [3.8, 4) is 0 Å². The van der Waals surface area contributed by atoms with E-state index in [0.717, 1.165) is 35.6 Å². The van der Waals surface area contributed by atoms with E-state index in [2.05, 4.69) is 15.9 Å². The molecule has 1 atom stereocenters. The maximum atomic E-state index is 13.6. The Morgan fingerprint density at radius 1 is 1.50 bits per heavy atom. The fourth-order valence-electron chi connectivity index (χ4n) is 2.05. The Hall–Kier alpha value is -0.700. The summed E-state index contributed by atoms with van der Waals surface area (Å²) in [5.41, 5.74) is 1.58. The maximum Gasteiger partial charge on any atom is 0.128 e. The van der Waals surface area contributed by atoms with Crippen LogP contribution in [-0.4, -0.2) is 6.29 Å². The first-order valence-corrected chi connectivity index (χ1v) is 5.45. The molecule has 0 spiro atoms. The monoisotopic (exact) mass is 256 g/mol. The standard InChI is InChI=1S/C11H10BrFO/c12-9-4-7-2-1-3-8(6-14)11(7)10(13)5-9/h4-6,8H,1-3H2. The lowest BCUT2D eigenvalue weighted by Crippen LogP contribution is -2.13. The van der Waals surface area contributed by atoms with Crippen molar-refractivity contribution in [3.63, 3.8) is 0 Å². The van der Waals surface area contributed by atoms with Crippen molar-refractivity contribution in [1.82, 2.24) is 0 Å². The van der Waals surface area contributed by atoms with Crippen LogP contribution in [0, 0.1) is 5.82 Å². The molecule has 14 heavy (non-hydrogen) atoms. The molecule has 0 amide bonds. The van der Waals surface area contributed by atoms with Gasteiger partial charge in [-0.3, -0.25) is 0 Å². The third-order valence-corrected chi connectivity index (χ3v) is 3.13. The second-order valence-electron chi connectivity index (χ2n) is 3.60. The largest absolute Gasteiger partial charge is 0.303 e. The van der Waals surface area contributed by atoms with E-state index in [4.69, 9.17) is 0 Å². The van der Waals surface area contributed by atoms with Crippen LogP contribution in [0.3, 0.4) is 0 Å². The quantitative estimate of drug-likeness (QED) is 0.706. The van der Waals surface area contributed by atoms with Gasteiger partial charge in [-0.1, -0.05) is 15.9 Å². The Morgan fingerprint density at radius 2 is 2.29 bits per heavy atom. The van der Waals surface area contributed by atoms with Gasteiger partial charge < -0.3 is 4.79 Å². The Balaban J connectivity index is 2.56. The lowest BCUT2D eigenvalue weighted by atomic mass is 9.83. The van der Waals surface area contributed by atoms with Crippen LogP contribution in [0.25, 0.3) is 0 Å². The van der Waals surface area contributed by atoms with Gasteiger partial charge in [0.15, 0.2) is 0 Å². The smallest absolute Gasteiger partial charge is 0.128 e. The number of hydrogen-bond donors (Lipinski definition) is 0. The number of hydrogen-bond acceptors (Lipinski definition) is 1. The van der Waals surface area contributed by atoms with Crippen LogP contribution >= 0.6 is 15.9 Å². The lowest BCUT2D eigenvalue weighted by Gasteiger charge is -2.21. The van der Waals surface area contributed by atoms with Crippen LogP contribution in [0.4, 0.5) is 4.39 Å². The summed E-state index contributed by atoms with van der Waals surface area (Å²) in [5, 5.41) is 0. The fraction of sp³-hybridized carbons (Fsp3) is 0.364. The molecule has 0 radical (unpaired) electrons. The van der Waals surface area contributed by atoms with Crippen molar-refractivity contribution in [2.45, 2.75) is 25.2 Å². The summed E-state index contributed by atoms with van der Waals surface area (Å²) in [6.45, 7) is 0. The molecule has 3 heteroatoms. The molecule has 0 fully saturated rings. The molecule has 1 unspecified atom stereocenters. The minimum Gasteiger partial charge on any atom is -0.303 e. The summed E-state index contributed by atoms with van der Waals surface area (Å²) in [7, 11) is 0. The summed E-state index contributed by atoms with van der Waals surface area (Å²) in [6.07, 6.45) is 3.46. The first-order valence-electron chi connectivity index (χ1n) is 4.65. The van der Waals surface area contributed by atoms with Crippen molar-refractivity contribution < 1.29 is 9.18 Å². The molecule has 1 aliphatic carbocycles. The highest BCUT2D eigenvalue weighted by atomic mass is 79.9. The van der Waals surface area contributed by atoms with Crippen LogP contribution < -0.4 is 0 Å². The Kier molecular flexibility index (Phi) is 2.68. The number of rotatable bonds is 1. The summed E-state index contributed by atoms with van der Waals surface area (Å²) in [5.74, 6) is -0.502. The molecular weight excluding hydrogens is 247 g/mol. The molecule has 0 saturated carbocycles. The van der Waals surface area contributed by atoms with Gasteiger partial charge in [0.25, 0.3) is 0 Å². The number of halogens is 2. The van der Waals surface area contributed by atoms with E-state index in [0.29, 0.717) is 5.56 Å². The highest BCUT2D eigenvalue weighted by Gasteiger charge is 2.23. The van der Waals surface area contributed by atoms with E-state index in [9.17, 15) is 9.18 Å². The number of carbonyl (C=O) groups excluding carboxylic acids is 1. The summed E-state index contributed by atoms with van der Waals surface area (Å²) >= 11 is 3.25. The lowest BCUT2D eigenvalue weighted by molar-refractivity contribution is -0.109. The van der Waals surface area contributed by atoms with Crippen molar-refractivity contribution >= 4 is 22.2 Å². The van der Waals surface area contributed by atoms with Gasteiger partial charge in [0.2, 0.25) is 0 Å². The van der Waals surface area contributed by atoms with E-state index >= 15 is 0 Å². The van der Waals surface area contributed by atoms with Gasteiger partial charge in [-0.15, -0.1) is 0 Å². The zero-order valence-electron chi connectivity index (χ0n) is 7.59. The summed E-state index contributed by atoms with van der Waals surface area (Å²) < 4.78 is 14.3. The molecule has 0 aromatic heterocycles. The molecule has 1 nitrogen and oxygen atoms in total. The molecule has 1 aromatic carbocycles. The molecule has 0 heterocycles. The number of carbonyl (C=O) groups is 1. The third-order valence-electron chi connectivity index (χ3n) is 2.68. The van der Waals surface area contributed by atoms with Crippen LogP contribution in [0.2, 0.25) is 0 Å². The Morgan fingerprint density at radius 3 is 3.00 bits per heavy atom. The SMILES string of the molecule is O=CC1CCCc2cc(Br)cc(F)c21. The van der Waals surface area contributed by atoms with Gasteiger partial charge in [-0.2, -0.15) is 0 Å². The highest BCUT2D eigenvalue weighted by Crippen LogP contribution is 2.34. The normalized spacial score (nSPS) is 20.3. The molecule has 0 aliphatic heterocycles. The first kappa shape index (κ1) is 9.84. The van der Waals surface area contributed by atoms with E-state index in [1.54, 1.807) is 0 Å². The van der Waals surface area contributed by atoms with Crippen LogP contribution in [0.15, 0.2) is 16.6 Å². The molecule has 1 aliphatic rings. The highest BCUT2D eigenvalue weighted by molar-refractivity contribution is 9.10. The minimum absolute atomic E-state index is 0.244. The van der Waals surface area contributed by atoms with Crippen LogP contribution in [-0.2, 0) is 11.2 Å². The maximum absolute atomic E-state index is 13.6. The second kappa shape index (κ2) is 3.81. The average Bonchev–Trinajstić information content (AvgIpc) is 2.16. The number of aldehydes is 1. The fourth-order valence-corrected chi connectivity index (χ4v) is 2.53. The van der Waals surface area contributed by atoms with Gasteiger partial charge in [0.05, 0.1) is 0 Å². The van der Waals surface area contributed by atoms with Crippen molar-refractivity contribution in [1.29, 1.82) is 0 Å². The summed E-state index contributed by atoms with van der Waals surface area (Å²) in [6, 6.07) is 3.34. The molecular formula is C11H10BrFO. The minimum atomic E-state index is -0.258. The van der Waals surface area contributed by atoms with Gasteiger partial charge in [-0.25, -0.2) is 4.39 Å². The zero-order chi connectivity index (χ0) is 10.1. The number of benzene rings is 1. The van der Waals surface area contributed by atoms with Crippen molar-refractivity contribution in [2.75, 3.05) is 0 Å². The molecule has 1 aromatic rings. The predicted octanol–water partition coefficient (Wildman–Crippen LogP) is 3.21. The van der Waals surface area contributed by atoms with Gasteiger partial charge in [0, 0.05) is 16.0 Å². The van der Waals surface area contributed by atoms with Gasteiger partial charge in [-0.05, 0) is 37.0 Å². The van der Waals surface area contributed by atoms with Gasteiger partial charge in [0.1, 0.15) is 12.1 Å². The topological polar surface area (TPSA) is 17.1 Å². The van der Waals surface area contributed by atoms with Gasteiger partial charge >= 0.3 is 0 Å². The Bertz CT molecular complexity index is 376. The predicted molar refractivity (Wildman–Crippen MR) is 55.8 cm³/mol.